The lowest BCUT2D eigenvalue weighted by Crippen LogP contribution is -2.17. The highest BCUT2D eigenvalue weighted by molar-refractivity contribution is 7.98. The number of nitrogens with zero attached hydrogens (tertiary/aromatic N) is 2. The van der Waals surface area contributed by atoms with Gasteiger partial charge in [-0.1, -0.05) is 32.9 Å². The van der Waals surface area contributed by atoms with Crippen LogP contribution in [0, 0.1) is 5.92 Å². The number of rotatable bonds is 6. The van der Waals surface area contributed by atoms with Crippen LogP contribution in [0.25, 0.3) is 10.2 Å². The van der Waals surface area contributed by atoms with Gasteiger partial charge in [0.15, 0.2) is 4.34 Å². The van der Waals surface area contributed by atoms with Crippen molar-refractivity contribution in [3.05, 3.63) is 24.3 Å². The third-order valence-electron chi connectivity index (χ3n) is 2.79. The van der Waals surface area contributed by atoms with E-state index in [0.29, 0.717) is 0 Å². The van der Waals surface area contributed by atoms with Crippen LogP contribution in [-0.2, 0) is 0 Å². The summed E-state index contributed by atoms with van der Waals surface area (Å²) in [5.74, 6) is 0.759. The summed E-state index contributed by atoms with van der Waals surface area (Å²) in [6.45, 7) is 8.95. The summed E-state index contributed by atoms with van der Waals surface area (Å²) in [7, 11) is 0. The van der Waals surface area contributed by atoms with Crippen LogP contribution in [-0.4, -0.2) is 22.4 Å². The van der Waals surface area contributed by atoms with Gasteiger partial charge >= 0.3 is 0 Å². The molecule has 18 heavy (non-hydrogen) atoms. The number of benzene rings is 1. The Bertz CT molecular complexity index is 460. The molecule has 0 atom stereocenters. The number of thiazole rings is 1. The molecule has 0 unspecified atom stereocenters. The summed E-state index contributed by atoms with van der Waals surface area (Å²) >= 11 is 3.58. The summed E-state index contributed by atoms with van der Waals surface area (Å²) < 4.78 is 4.83. The molecule has 98 valence electrons. The maximum atomic E-state index is 4.67. The van der Waals surface area contributed by atoms with E-state index in [1.54, 1.807) is 23.3 Å². The average Bonchev–Trinajstić information content (AvgIpc) is 2.76. The minimum Gasteiger partial charge on any atom is -0.245 e. The zero-order valence-corrected chi connectivity index (χ0v) is 12.9. The molecule has 4 heteroatoms. The fourth-order valence-corrected chi connectivity index (χ4v) is 3.79. The summed E-state index contributed by atoms with van der Waals surface area (Å²) in [6, 6.07) is 8.35. The highest BCUT2D eigenvalue weighted by Crippen LogP contribution is 2.31. The third-order valence-corrected chi connectivity index (χ3v) is 5.04. The van der Waals surface area contributed by atoms with Gasteiger partial charge in [-0.15, -0.1) is 11.3 Å². The van der Waals surface area contributed by atoms with Gasteiger partial charge in [0, 0.05) is 13.1 Å². The van der Waals surface area contributed by atoms with Gasteiger partial charge in [-0.05, 0) is 36.4 Å². The number of aromatic nitrogens is 1. The van der Waals surface area contributed by atoms with Gasteiger partial charge in [-0.25, -0.2) is 9.29 Å². The second kappa shape index (κ2) is 6.55. The van der Waals surface area contributed by atoms with Gasteiger partial charge in [0.1, 0.15) is 0 Å². The molecule has 2 nitrogen and oxygen atoms in total. The minimum absolute atomic E-state index is 0.759. The zero-order chi connectivity index (χ0) is 13.0. The van der Waals surface area contributed by atoms with Gasteiger partial charge in [-0.2, -0.15) is 0 Å². The molecule has 1 aromatic heterocycles. The van der Waals surface area contributed by atoms with E-state index in [1.165, 1.54) is 11.1 Å². The van der Waals surface area contributed by atoms with Crippen molar-refractivity contribution in [2.75, 3.05) is 13.1 Å². The van der Waals surface area contributed by atoms with Crippen molar-refractivity contribution in [2.45, 2.75) is 31.5 Å². The van der Waals surface area contributed by atoms with Crippen LogP contribution in [0.4, 0.5) is 0 Å². The van der Waals surface area contributed by atoms with Crippen LogP contribution < -0.4 is 0 Å². The first kappa shape index (κ1) is 13.8. The lowest BCUT2D eigenvalue weighted by molar-refractivity contribution is 0.435. The van der Waals surface area contributed by atoms with E-state index in [9.17, 15) is 0 Å². The maximum absolute atomic E-state index is 4.67. The van der Waals surface area contributed by atoms with Crippen LogP contribution in [0.15, 0.2) is 28.6 Å². The quantitative estimate of drug-likeness (QED) is 0.715. The molecule has 2 rings (SSSR count). The van der Waals surface area contributed by atoms with E-state index in [1.807, 2.05) is 6.07 Å². The molecule has 2 aromatic rings. The molecule has 0 spiro atoms. The maximum Gasteiger partial charge on any atom is 0.166 e. The van der Waals surface area contributed by atoms with Crippen molar-refractivity contribution < 1.29 is 0 Å². The summed E-state index contributed by atoms with van der Waals surface area (Å²) in [6.07, 6.45) is 1.24. The second-order valence-corrected chi connectivity index (χ2v) is 7.12. The smallest absolute Gasteiger partial charge is 0.166 e. The number of hydrogen-bond donors (Lipinski definition) is 0. The Kier molecular flexibility index (Phi) is 5.03. The van der Waals surface area contributed by atoms with E-state index >= 15 is 0 Å². The molecule has 0 saturated carbocycles. The van der Waals surface area contributed by atoms with Crippen LogP contribution in [0.5, 0.6) is 0 Å². The molecule has 0 bridgehead atoms. The van der Waals surface area contributed by atoms with E-state index in [0.717, 1.165) is 28.9 Å². The summed E-state index contributed by atoms with van der Waals surface area (Å²) in [5, 5.41) is 0. The third kappa shape index (κ3) is 3.70. The standard InChI is InChI=1S/C14H20N2S2/c1-4-16(10-9-11(2)3)18-14-15-12-7-5-6-8-13(12)17-14/h5-8,11H,4,9-10H2,1-3H3. The van der Waals surface area contributed by atoms with Crippen LogP contribution in [0.3, 0.4) is 0 Å². The predicted octanol–water partition coefficient (Wildman–Crippen LogP) is 4.67. The summed E-state index contributed by atoms with van der Waals surface area (Å²) in [4.78, 5) is 4.67. The molecule has 0 amide bonds. The van der Waals surface area contributed by atoms with Gasteiger partial charge in [-0.3, -0.25) is 0 Å². The molecule has 0 fully saturated rings. The van der Waals surface area contributed by atoms with Crippen molar-refractivity contribution in [1.82, 2.24) is 9.29 Å². The normalized spacial score (nSPS) is 11.8. The molecular weight excluding hydrogens is 260 g/mol. The Morgan fingerprint density at radius 1 is 1.33 bits per heavy atom. The lowest BCUT2D eigenvalue weighted by Gasteiger charge is -2.18. The Hall–Kier alpha value is -0.580. The van der Waals surface area contributed by atoms with E-state index in [-0.39, 0.29) is 0 Å². The zero-order valence-electron chi connectivity index (χ0n) is 11.2. The topological polar surface area (TPSA) is 16.1 Å². The fraction of sp³-hybridized carbons (Fsp3) is 0.500. The van der Waals surface area contributed by atoms with Crippen molar-refractivity contribution in [3.63, 3.8) is 0 Å². The van der Waals surface area contributed by atoms with Gasteiger partial charge < -0.3 is 0 Å². The predicted molar refractivity (Wildman–Crippen MR) is 82.2 cm³/mol. The molecule has 1 heterocycles. The van der Waals surface area contributed by atoms with E-state index < -0.39 is 0 Å². The SMILES string of the molecule is CCN(CCC(C)C)Sc1nc2ccccc2s1. The van der Waals surface area contributed by atoms with Crippen LogP contribution in [0.2, 0.25) is 0 Å². The Morgan fingerprint density at radius 2 is 2.11 bits per heavy atom. The highest BCUT2D eigenvalue weighted by Gasteiger charge is 2.10. The van der Waals surface area contributed by atoms with E-state index in [2.05, 4.69) is 48.3 Å². The molecule has 0 N–H and O–H groups in total. The minimum atomic E-state index is 0.759. The Morgan fingerprint density at radius 3 is 2.78 bits per heavy atom. The molecule has 1 aromatic carbocycles. The van der Waals surface area contributed by atoms with Gasteiger partial charge in [0.25, 0.3) is 0 Å². The first-order chi connectivity index (χ1) is 8.69. The summed E-state index contributed by atoms with van der Waals surface area (Å²) in [5.41, 5.74) is 1.12. The number of fused-ring (bicyclic) bond motifs is 1. The average molecular weight is 280 g/mol. The fourth-order valence-electron chi connectivity index (χ4n) is 1.67. The largest absolute Gasteiger partial charge is 0.245 e. The first-order valence-corrected chi connectivity index (χ1v) is 8.06. The van der Waals surface area contributed by atoms with Crippen LogP contribution in [0.1, 0.15) is 27.2 Å². The molecule has 0 aliphatic carbocycles. The monoisotopic (exact) mass is 280 g/mol. The van der Waals surface area contributed by atoms with Crippen molar-refractivity contribution in [1.29, 1.82) is 0 Å². The van der Waals surface area contributed by atoms with Gasteiger partial charge in [0.2, 0.25) is 0 Å². The molecule has 0 saturated heterocycles. The lowest BCUT2D eigenvalue weighted by atomic mass is 10.1. The molecule has 0 aliphatic heterocycles. The molecule has 0 aliphatic rings. The Balaban J connectivity index is 2.02. The molecule has 0 radical (unpaired) electrons. The van der Waals surface area contributed by atoms with Crippen molar-refractivity contribution in [3.8, 4) is 0 Å². The molecular formula is C14H20N2S2. The van der Waals surface area contributed by atoms with Crippen molar-refractivity contribution in [2.24, 2.45) is 5.92 Å². The van der Waals surface area contributed by atoms with Gasteiger partial charge in [0.05, 0.1) is 10.2 Å². The first-order valence-electron chi connectivity index (χ1n) is 6.47. The van der Waals surface area contributed by atoms with Crippen molar-refractivity contribution >= 4 is 33.5 Å². The second-order valence-electron chi connectivity index (χ2n) is 4.74. The highest BCUT2D eigenvalue weighted by atomic mass is 32.2. The van der Waals surface area contributed by atoms with E-state index in [4.69, 9.17) is 0 Å². The van der Waals surface area contributed by atoms with Crippen LogP contribution >= 0.6 is 23.3 Å². The number of para-hydroxylation sites is 1. The number of hydrogen-bond acceptors (Lipinski definition) is 4. The Labute approximate surface area is 118 Å².